The van der Waals surface area contributed by atoms with Crippen LogP contribution in [0.1, 0.15) is 37.0 Å². The molecule has 0 unspecified atom stereocenters. The minimum atomic E-state index is -0.0658. The van der Waals surface area contributed by atoms with Gasteiger partial charge in [-0.1, -0.05) is 36.5 Å². The van der Waals surface area contributed by atoms with Crippen LogP contribution in [0, 0.1) is 0 Å². The summed E-state index contributed by atoms with van der Waals surface area (Å²) in [5.41, 5.74) is 0.498. The molecule has 0 heterocycles. The maximum Gasteiger partial charge on any atom is 0.159 e. The third-order valence-corrected chi connectivity index (χ3v) is 2.71. The monoisotopic (exact) mass is 260 g/mol. The number of unbranched alkanes of at least 4 members (excludes halogenated alkanes) is 1. The molecule has 4 heteroatoms. The first-order valence-electron chi connectivity index (χ1n) is 5.19. The molecule has 0 radical (unpaired) electrons. The van der Waals surface area contributed by atoms with E-state index in [1.807, 2.05) is 0 Å². The van der Waals surface area contributed by atoms with Crippen molar-refractivity contribution in [1.82, 2.24) is 0 Å². The van der Waals surface area contributed by atoms with Crippen LogP contribution in [0.3, 0.4) is 0 Å². The number of ether oxygens (including phenoxy) is 1. The lowest BCUT2D eigenvalue weighted by Crippen LogP contribution is -1.99. The SMILES string of the molecule is CCCCOc1c(Cl)cc(C(C)=O)cc1Cl. The highest BCUT2D eigenvalue weighted by molar-refractivity contribution is 6.37. The van der Waals surface area contributed by atoms with Crippen LogP contribution in [-0.2, 0) is 0 Å². The van der Waals surface area contributed by atoms with Crippen LogP contribution in [0.15, 0.2) is 12.1 Å². The molecule has 0 aliphatic rings. The number of hydrogen-bond acceptors (Lipinski definition) is 2. The second-order valence-corrected chi connectivity index (χ2v) is 4.34. The predicted octanol–water partition coefficient (Wildman–Crippen LogP) is 4.37. The van der Waals surface area contributed by atoms with Gasteiger partial charge in [0.25, 0.3) is 0 Å². The Hall–Kier alpha value is -0.730. The van der Waals surface area contributed by atoms with E-state index in [1.54, 1.807) is 12.1 Å². The molecule has 0 aromatic heterocycles. The molecule has 0 aliphatic carbocycles. The van der Waals surface area contributed by atoms with Crippen LogP contribution in [0.4, 0.5) is 0 Å². The second kappa shape index (κ2) is 6.12. The van der Waals surface area contributed by atoms with Crippen LogP contribution in [0.5, 0.6) is 5.75 Å². The lowest BCUT2D eigenvalue weighted by molar-refractivity contribution is 0.101. The number of ketones is 1. The van der Waals surface area contributed by atoms with Crippen molar-refractivity contribution in [2.75, 3.05) is 6.61 Å². The van der Waals surface area contributed by atoms with Crippen LogP contribution in [0.2, 0.25) is 10.0 Å². The summed E-state index contributed by atoms with van der Waals surface area (Å²) in [7, 11) is 0. The van der Waals surface area contributed by atoms with Gasteiger partial charge in [0.05, 0.1) is 16.7 Å². The quantitative estimate of drug-likeness (QED) is 0.581. The van der Waals surface area contributed by atoms with E-state index in [-0.39, 0.29) is 5.78 Å². The lowest BCUT2D eigenvalue weighted by Gasteiger charge is -2.10. The molecule has 0 atom stereocenters. The van der Waals surface area contributed by atoms with Crippen molar-refractivity contribution in [3.05, 3.63) is 27.7 Å². The Morgan fingerprint density at radius 3 is 2.31 bits per heavy atom. The van der Waals surface area contributed by atoms with Gasteiger partial charge in [-0.2, -0.15) is 0 Å². The van der Waals surface area contributed by atoms with Crippen molar-refractivity contribution < 1.29 is 9.53 Å². The molecule has 0 spiro atoms. The van der Waals surface area contributed by atoms with Gasteiger partial charge in [0.15, 0.2) is 11.5 Å². The van der Waals surface area contributed by atoms with Gasteiger partial charge in [-0.05, 0) is 25.5 Å². The van der Waals surface area contributed by atoms with Gasteiger partial charge in [-0.25, -0.2) is 0 Å². The number of halogens is 2. The van der Waals surface area contributed by atoms with E-state index < -0.39 is 0 Å². The molecule has 1 aromatic rings. The standard InChI is InChI=1S/C12H14Cl2O2/c1-3-4-5-16-12-10(13)6-9(8(2)15)7-11(12)14/h6-7H,3-5H2,1-2H3. The zero-order chi connectivity index (χ0) is 12.1. The van der Waals surface area contributed by atoms with Crippen molar-refractivity contribution >= 4 is 29.0 Å². The van der Waals surface area contributed by atoms with Crippen LogP contribution >= 0.6 is 23.2 Å². The molecule has 1 aromatic carbocycles. The van der Waals surface area contributed by atoms with Gasteiger partial charge in [-0.3, -0.25) is 4.79 Å². The highest BCUT2D eigenvalue weighted by Gasteiger charge is 2.11. The summed E-state index contributed by atoms with van der Waals surface area (Å²) in [6, 6.07) is 3.16. The largest absolute Gasteiger partial charge is 0.490 e. The van der Waals surface area contributed by atoms with Crippen LogP contribution in [0.25, 0.3) is 0 Å². The number of rotatable bonds is 5. The van der Waals surface area contributed by atoms with Crippen molar-refractivity contribution in [3.8, 4) is 5.75 Å². The van der Waals surface area contributed by atoms with E-state index in [4.69, 9.17) is 27.9 Å². The van der Waals surface area contributed by atoms with Gasteiger partial charge >= 0.3 is 0 Å². The smallest absolute Gasteiger partial charge is 0.159 e. The van der Waals surface area contributed by atoms with Crippen molar-refractivity contribution in [2.24, 2.45) is 0 Å². The Bertz CT molecular complexity index is 366. The lowest BCUT2D eigenvalue weighted by atomic mass is 10.1. The average molecular weight is 261 g/mol. The number of hydrogen-bond donors (Lipinski definition) is 0. The zero-order valence-corrected chi connectivity index (χ0v) is 10.9. The molecule has 0 fully saturated rings. The van der Waals surface area contributed by atoms with E-state index in [0.29, 0.717) is 28.0 Å². The molecular weight excluding hydrogens is 247 g/mol. The maximum absolute atomic E-state index is 11.2. The zero-order valence-electron chi connectivity index (χ0n) is 9.35. The molecule has 0 bridgehead atoms. The first kappa shape index (κ1) is 13.3. The summed E-state index contributed by atoms with van der Waals surface area (Å²) in [5.74, 6) is 0.394. The summed E-state index contributed by atoms with van der Waals surface area (Å²) in [5, 5.41) is 0.766. The van der Waals surface area contributed by atoms with Crippen molar-refractivity contribution in [2.45, 2.75) is 26.7 Å². The van der Waals surface area contributed by atoms with Gasteiger partial charge in [0, 0.05) is 5.56 Å². The fourth-order valence-electron chi connectivity index (χ4n) is 1.22. The molecule has 16 heavy (non-hydrogen) atoms. The highest BCUT2D eigenvalue weighted by Crippen LogP contribution is 2.34. The van der Waals surface area contributed by atoms with Crippen LogP contribution in [-0.4, -0.2) is 12.4 Å². The fraction of sp³-hybridized carbons (Fsp3) is 0.417. The first-order valence-corrected chi connectivity index (χ1v) is 5.94. The number of Topliss-reactive ketones (excluding diaryl/α,β-unsaturated/α-hetero) is 1. The van der Waals surface area contributed by atoms with Gasteiger partial charge in [0.2, 0.25) is 0 Å². The van der Waals surface area contributed by atoms with Gasteiger partial charge in [0.1, 0.15) is 0 Å². The second-order valence-electron chi connectivity index (χ2n) is 3.53. The highest BCUT2D eigenvalue weighted by atomic mass is 35.5. The Kier molecular flexibility index (Phi) is 5.10. The van der Waals surface area contributed by atoms with Crippen molar-refractivity contribution in [3.63, 3.8) is 0 Å². The first-order chi connectivity index (χ1) is 7.56. The summed E-state index contributed by atoms with van der Waals surface area (Å²) in [6.45, 7) is 4.13. The topological polar surface area (TPSA) is 26.3 Å². The maximum atomic E-state index is 11.2. The van der Waals surface area contributed by atoms with Crippen molar-refractivity contribution in [1.29, 1.82) is 0 Å². The molecule has 0 N–H and O–H groups in total. The predicted molar refractivity (Wildman–Crippen MR) is 66.9 cm³/mol. The van der Waals surface area contributed by atoms with Gasteiger partial charge in [-0.15, -0.1) is 0 Å². The number of carbonyl (C=O) groups excluding carboxylic acids is 1. The molecule has 0 saturated heterocycles. The van der Waals surface area contributed by atoms with Gasteiger partial charge < -0.3 is 4.74 Å². The number of carbonyl (C=O) groups is 1. The van der Waals surface area contributed by atoms with E-state index in [0.717, 1.165) is 12.8 Å². The summed E-state index contributed by atoms with van der Waals surface area (Å²) < 4.78 is 5.47. The average Bonchev–Trinajstić information content (AvgIpc) is 2.21. The Balaban J connectivity index is 2.89. The molecule has 0 saturated carbocycles. The van der Waals surface area contributed by atoms with Crippen LogP contribution < -0.4 is 4.74 Å². The molecule has 0 amide bonds. The minimum Gasteiger partial charge on any atom is -0.490 e. The Labute approximate surface area is 106 Å². The number of benzene rings is 1. The Morgan fingerprint density at radius 2 is 1.88 bits per heavy atom. The van der Waals surface area contributed by atoms with E-state index in [9.17, 15) is 4.79 Å². The Morgan fingerprint density at radius 1 is 1.31 bits per heavy atom. The molecule has 88 valence electrons. The molecule has 1 rings (SSSR count). The summed E-state index contributed by atoms with van der Waals surface area (Å²) in [6.07, 6.45) is 1.99. The third kappa shape index (κ3) is 3.39. The van der Waals surface area contributed by atoms with E-state index in [2.05, 4.69) is 6.92 Å². The normalized spacial score (nSPS) is 10.2. The molecular formula is C12H14Cl2O2. The van der Waals surface area contributed by atoms with E-state index in [1.165, 1.54) is 6.92 Å². The molecule has 2 nitrogen and oxygen atoms in total. The third-order valence-electron chi connectivity index (χ3n) is 2.15. The molecule has 0 aliphatic heterocycles. The summed E-state index contributed by atoms with van der Waals surface area (Å²) >= 11 is 12.0. The van der Waals surface area contributed by atoms with E-state index >= 15 is 0 Å². The fourth-order valence-corrected chi connectivity index (χ4v) is 1.82. The summed E-state index contributed by atoms with van der Waals surface area (Å²) in [4.78, 5) is 11.2. The minimum absolute atomic E-state index is 0.0658.